The molecule has 2 aromatic carbocycles. The fourth-order valence-electron chi connectivity index (χ4n) is 6.32. The van der Waals surface area contributed by atoms with Gasteiger partial charge in [0.2, 0.25) is 5.95 Å². The molecule has 0 radical (unpaired) electrons. The number of hydrogen-bond acceptors (Lipinski definition) is 9. The van der Waals surface area contributed by atoms with Crippen molar-refractivity contribution in [1.29, 1.82) is 0 Å². The first-order chi connectivity index (χ1) is 22.1. The molecule has 0 unspecified atom stereocenters. The Morgan fingerprint density at radius 3 is 2.46 bits per heavy atom. The average molecular weight is 635 g/mol. The minimum absolute atomic E-state index is 0.146. The van der Waals surface area contributed by atoms with Gasteiger partial charge in [-0.05, 0) is 55.8 Å². The lowest BCUT2D eigenvalue weighted by Gasteiger charge is -2.32. The number of aromatic nitrogens is 2. The molecule has 6 rings (SSSR count). The summed E-state index contributed by atoms with van der Waals surface area (Å²) in [4.78, 5) is 41.9. The lowest BCUT2D eigenvalue weighted by molar-refractivity contribution is -0.140. The monoisotopic (exact) mass is 634 g/mol. The predicted molar refractivity (Wildman–Crippen MR) is 173 cm³/mol. The van der Waals surface area contributed by atoms with Crippen molar-refractivity contribution in [1.82, 2.24) is 19.8 Å². The second-order valence-corrected chi connectivity index (χ2v) is 12.3. The maximum absolute atomic E-state index is 14.9. The summed E-state index contributed by atoms with van der Waals surface area (Å²) in [5.41, 5.74) is 2.99. The molecule has 2 fully saturated rings. The smallest absolute Gasteiger partial charge is 0.342 e. The predicted octanol–water partition coefficient (Wildman–Crippen LogP) is 4.59. The topological polar surface area (TPSA) is 106 Å². The van der Waals surface area contributed by atoms with Crippen molar-refractivity contribution in [3.63, 3.8) is 0 Å². The Morgan fingerprint density at radius 1 is 1.04 bits per heavy atom. The summed E-state index contributed by atoms with van der Waals surface area (Å²) in [6, 6.07) is 12.7. The number of halogens is 2. The lowest BCUT2D eigenvalue weighted by Crippen LogP contribution is -2.48. The number of amides is 2. The number of nitrogens with zero attached hydrogens (tertiary/aromatic N) is 6. The van der Waals surface area contributed by atoms with E-state index in [-0.39, 0.29) is 29.4 Å². The first kappa shape index (κ1) is 31.6. The number of anilines is 5. The molecule has 1 aromatic heterocycles. The van der Waals surface area contributed by atoms with E-state index in [4.69, 9.17) is 4.74 Å². The summed E-state index contributed by atoms with van der Waals surface area (Å²) in [6.07, 6.45) is 4.75. The van der Waals surface area contributed by atoms with Crippen LogP contribution in [0.25, 0.3) is 0 Å². The molecule has 3 aliphatic rings. The number of benzene rings is 2. The zero-order valence-corrected chi connectivity index (χ0v) is 26.4. The molecule has 1 saturated heterocycles. The minimum atomic E-state index is -3.56. The number of carbonyl (C=O) groups excluding carboxylic acids is 2. The summed E-state index contributed by atoms with van der Waals surface area (Å²) < 4.78 is 35.4. The van der Waals surface area contributed by atoms with Crippen LogP contribution in [0.3, 0.4) is 0 Å². The molecule has 46 heavy (non-hydrogen) atoms. The third-order valence-electron chi connectivity index (χ3n) is 9.06. The van der Waals surface area contributed by atoms with Gasteiger partial charge in [-0.15, -0.1) is 0 Å². The van der Waals surface area contributed by atoms with Crippen LogP contribution >= 0.6 is 0 Å². The van der Waals surface area contributed by atoms with Crippen molar-refractivity contribution in [2.24, 2.45) is 0 Å². The molecule has 2 N–H and O–H groups in total. The molecule has 2 aliphatic heterocycles. The van der Waals surface area contributed by atoms with Gasteiger partial charge in [-0.2, -0.15) is 13.8 Å². The highest BCUT2D eigenvalue weighted by Gasteiger charge is 2.48. The van der Waals surface area contributed by atoms with Gasteiger partial charge < -0.3 is 30.1 Å². The van der Waals surface area contributed by atoms with E-state index in [1.165, 1.54) is 25.9 Å². The molecule has 0 atom stereocenters. The summed E-state index contributed by atoms with van der Waals surface area (Å²) in [5.74, 6) is -4.32. The number of ether oxygens (including phenoxy) is 1. The fourth-order valence-corrected chi connectivity index (χ4v) is 6.32. The van der Waals surface area contributed by atoms with E-state index in [9.17, 15) is 18.4 Å². The van der Waals surface area contributed by atoms with Crippen molar-refractivity contribution < 1.29 is 23.1 Å². The highest BCUT2D eigenvalue weighted by atomic mass is 19.3. The number of methoxy groups -OCH3 is 1. The van der Waals surface area contributed by atoms with E-state index >= 15 is 0 Å². The van der Waals surface area contributed by atoms with Crippen molar-refractivity contribution in [2.45, 2.75) is 44.2 Å². The first-order valence-electron chi connectivity index (χ1n) is 15.7. The Kier molecular flexibility index (Phi) is 9.05. The number of piperazine rings is 1. The van der Waals surface area contributed by atoms with Crippen LogP contribution in [0, 0.1) is 0 Å². The number of rotatable bonds is 8. The van der Waals surface area contributed by atoms with Gasteiger partial charge in [-0.3, -0.25) is 14.5 Å². The first-order valence-corrected chi connectivity index (χ1v) is 15.7. The zero-order chi connectivity index (χ0) is 32.4. The van der Waals surface area contributed by atoms with Gasteiger partial charge in [0.25, 0.3) is 11.8 Å². The highest BCUT2D eigenvalue weighted by Crippen LogP contribution is 2.40. The third-order valence-corrected chi connectivity index (χ3v) is 9.06. The SMILES string of the molecule is COc1cc(C(=O)Nc2ccc(CN3CCN(C)CC3)cc2)ccc1Nc1ncc2c(n1)N(C1CCCC1)CC(F)(F)C(=O)N2C. The largest absolute Gasteiger partial charge is 0.495 e. The molecule has 13 heteroatoms. The average Bonchev–Trinajstić information content (AvgIpc) is 3.58. The number of nitrogens with one attached hydrogen (secondary N) is 2. The van der Waals surface area contributed by atoms with Gasteiger partial charge in [0.1, 0.15) is 11.4 Å². The molecule has 1 saturated carbocycles. The molecule has 0 bridgehead atoms. The van der Waals surface area contributed by atoms with Crippen LogP contribution in [-0.2, 0) is 11.3 Å². The van der Waals surface area contributed by atoms with E-state index < -0.39 is 18.4 Å². The lowest BCUT2D eigenvalue weighted by atomic mass is 10.1. The van der Waals surface area contributed by atoms with Crippen LogP contribution in [0.1, 0.15) is 41.6 Å². The number of fused-ring (bicyclic) bond motifs is 1. The summed E-state index contributed by atoms with van der Waals surface area (Å²) in [7, 11) is 4.95. The minimum Gasteiger partial charge on any atom is -0.495 e. The molecular formula is C33H40F2N8O3. The Balaban J connectivity index is 1.16. The van der Waals surface area contributed by atoms with E-state index in [0.717, 1.165) is 63.3 Å². The van der Waals surface area contributed by atoms with Gasteiger partial charge >= 0.3 is 5.92 Å². The Labute approximate surface area is 267 Å². The zero-order valence-electron chi connectivity index (χ0n) is 26.4. The maximum atomic E-state index is 14.9. The van der Waals surface area contributed by atoms with Crippen molar-refractivity contribution in [3.8, 4) is 5.75 Å². The molecule has 11 nitrogen and oxygen atoms in total. The standard InChI is InChI=1S/C33H40F2N8O3/c1-40-14-16-42(17-15-40)20-22-8-11-24(12-9-22)37-30(44)23-10-13-26(28(18-23)46-3)38-32-36-19-27-29(39-32)43(25-6-4-5-7-25)21-33(34,35)31(45)41(27)2/h8-13,18-19,25H,4-7,14-17,20-21H2,1-3H3,(H,37,44)(H,36,38,39). The van der Waals surface area contributed by atoms with Crippen molar-refractivity contribution in [3.05, 3.63) is 59.8 Å². The Hall–Kier alpha value is -4.36. The second kappa shape index (κ2) is 13.2. The number of likely N-dealkylation sites (N-methyl/N-ethyl adjacent to an activating group) is 1. The fraction of sp³-hybridized carbons (Fsp3) is 0.455. The van der Waals surface area contributed by atoms with E-state index in [1.807, 2.05) is 24.3 Å². The maximum Gasteiger partial charge on any atom is 0.342 e. The molecule has 244 valence electrons. The molecule has 2 amide bonds. The summed E-state index contributed by atoms with van der Waals surface area (Å²) >= 11 is 0. The molecule has 1 aliphatic carbocycles. The van der Waals surface area contributed by atoms with E-state index in [1.54, 1.807) is 23.1 Å². The van der Waals surface area contributed by atoms with Crippen LogP contribution < -0.4 is 25.2 Å². The van der Waals surface area contributed by atoms with Crippen molar-refractivity contribution >= 4 is 40.6 Å². The number of hydrogen-bond donors (Lipinski definition) is 2. The van der Waals surface area contributed by atoms with E-state index in [0.29, 0.717) is 22.7 Å². The van der Waals surface area contributed by atoms with Crippen LogP contribution in [0.2, 0.25) is 0 Å². The number of carbonyl (C=O) groups is 2. The normalized spacial score (nSPS) is 19.1. The van der Waals surface area contributed by atoms with Crippen molar-refractivity contribution in [2.75, 3.05) is 74.4 Å². The molecule has 0 spiro atoms. The summed E-state index contributed by atoms with van der Waals surface area (Å²) in [6.45, 7) is 4.34. The van der Waals surface area contributed by atoms with Gasteiger partial charge in [-0.25, -0.2) is 4.98 Å². The molecule has 3 heterocycles. The second-order valence-electron chi connectivity index (χ2n) is 12.3. The van der Waals surface area contributed by atoms with Crippen LogP contribution in [-0.4, -0.2) is 97.5 Å². The molecular weight excluding hydrogens is 594 g/mol. The quantitative estimate of drug-likeness (QED) is 0.368. The van der Waals surface area contributed by atoms with Gasteiger partial charge in [0.15, 0.2) is 5.82 Å². The van der Waals surface area contributed by atoms with Gasteiger partial charge in [0, 0.05) is 57.1 Å². The van der Waals surface area contributed by atoms with Crippen LogP contribution in [0.5, 0.6) is 5.75 Å². The third kappa shape index (κ3) is 6.75. The van der Waals surface area contributed by atoms with Gasteiger partial charge in [-0.1, -0.05) is 25.0 Å². The summed E-state index contributed by atoms with van der Waals surface area (Å²) in [5, 5.41) is 6.05. The Morgan fingerprint density at radius 2 is 1.76 bits per heavy atom. The van der Waals surface area contributed by atoms with Crippen LogP contribution in [0.4, 0.5) is 37.6 Å². The number of alkyl halides is 2. The molecule has 3 aromatic rings. The van der Waals surface area contributed by atoms with Crippen LogP contribution in [0.15, 0.2) is 48.7 Å². The Bertz CT molecular complexity index is 1570. The van der Waals surface area contributed by atoms with E-state index in [2.05, 4.69) is 37.4 Å². The van der Waals surface area contributed by atoms with Gasteiger partial charge in [0.05, 0.1) is 25.5 Å². The highest BCUT2D eigenvalue weighted by molar-refractivity contribution is 6.05.